The summed E-state index contributed by atoms with van der Waals surface area (Å²) in [6.45, 7) is 8.15. The molecular weight excluding hydrogens is 545 g/mol. The van der Waals surface area contributed by atoms with Gasteiger partial charge in [0.25, 0.3) is 11.8 Å². The van der Waals surface area contributed by atoms with Crippen LogP contribution in [0.2, 0.25) is 10.0 Å². The van der Waals surface area contributed by atoms with Gasteiger partial charge in [-0.25, -0.2) is 0 Å². The number of nitrogens with zero attached hydrogens (tertiary/aromatic N) is 2. The molecule has 0 radical (unpaired) electrons. The zero-order chi connectivity index (χ0) is 28.9. The van der Waals surface area contributed by atoms with Gasteiger partial charge in [0.2, 0.25) is 0 Å². The maximum atomic E-state index is 14.4. The molecule has 206 valence electrons. The molecule has 2 heterocycles. The lowest BCUT2D eigenvalue weighted by atomic mass is 9.97. The van der Waals surface area contributed by atoms with E-state index < -0.39 is 6.04 Å². The van der Waals surface area contributed by atoms with Gasteiger partial charge in [0.05, 0.1) is 24.1 Å². The third-order valence-electron chi connectivity index (χ3n) is 7.48. The lowest BCUT2D eigenvalue weighted by Gasteiger charge is -2.31. The number of aromatic nitrogens is 1. The third kappa shape index (κ3) is 4.55. The van der Waals surface area contributed by atoms with Crippen molar-refractivity contribution in [2.24, 2.45) is 0 Å². The first-order valence-corrected chi connectivity index (χ1v) is 13.8. The summed E-state index contributed by atoms with van der Waals surface area (Å²) in [6.07, 6.45) is 0. The Morgan fingerprint density at radius 2 is 1.62 bits per heavy atom. The minimum atomic E-state index is -0.429. The van der Waals surface area contributed by atoms with E-state index in [9.17, 15) is 9.59 Å². The molecule has 3 aromatic carbocycles. The fourth-order valence-electron chi connectivity index (χ4n) is 5.64. The molecule has 1 aliphatic heterocycles. The number of hydrogen-bond acceptors (Lipinski definition) is 3. The lowest BCUT2D eigenvalue weighted by Crippen LogP contribution is -2.31. The Morgan fingerprint density at radius 3 is 2.27 bits per heavy atom. The van der Waals surface area contributed by atoms with Gasteiger partial charge in [0.1, 0.15) is 11.8 Å². The van der Waals surface area contributed by atoms with E-state index in [4.69, 9.17) is 27.9 Å². The quantitative estimate of drug-likeness (QED) is 0.255. The van der Waals surface area contributed by atoms with Crippen LogP contribution in [0.3, 0.4) is 0 Å². The number of methoxy groups -OCH3 is 1. The summed E-state index contributed by atoms with van der Waals surface area (Å²) in [4.78, 5) is 28.7. The van der Waals surface area contributed by atoms with E-state index in [1.165, 1.54) is 0 Å². The average Bonchev–Trinajstić information content (AvgIpc) is 3.44. The molecule has 2 amide bonds. The number of anilines is 1. The van der Waals surface area contributed by atoms with Gasteiger partial charge in [-0.2, -0.15) is 0 Å². The first-order valence-electron chi connectivity index (χ1n) is 13.1. The highest BCUT2D eigenvalue weighted by Crippen LogP contribution is 2.49. The number of hydrogen-bond donors (Lipinski definition) is 1. The molecule has 1 atom stereocenters. The van der Waals surface area contributed by atoms with Crippen LogP contribution in [-0.4, -0.2) is 30.5 Å². The molecule has 4 aromatic rings. The summed E-state index contributed by atoms with van der Waals surface area (Å²) in [5, 5.41) is 3.87. The SMILES string of the molecule is CNC(=O)c1ccc(OC)c(-c2cc3c(n2C(C)C)C(c2ccc(Cl)cc2C)N(c2cc(Cl)ccc2C)C3=O)c1. The van der Waals surface area contributed by atoms with E-state index in [0.29, 0.717) is 26.9 Å². The average molecular weight is 577 g/mol. The van der Waals surface area contributed by atoms with E-state index in [0.717, 1.165) is 39.3 Å². The number of carbonyl (C=O) groups is 2. The van der Waals surface area contributed by atoms with Crippen LogP contribution in [0.4, 0.5) is 5.69 Å². The van der Waals surface area contributed by atoms with Crippen LogP contribution in [0.1, 0.15) is 69.0 Å². The minimum absolute atomic E-state index is 0.0181. The van der Waals surface area contributed by atoms with Crippen molar-refractivity contribution in [3.63, 3.8) is 0 Å². The molecule has 0 fully saturated rings. The summed E-state index contributed by atoms with van der Waals surface area (Å²) >= 11 is 12.8. The molecule has 1 aliphatic rings. The van der Waals surface area contributed by atoms with Gasteiger partial charge in [-0.1, -0.05) is 35.3 Å². The molecule has 1 unspecified atom stereocenters. The summed E-state index contributed by atoms with van der Waals surface area (Å²) < 4.78 is 7.90. The number of amides is 2. The first kappa shape index (κ1) is 27.8. The Hall–Kier alpha value is -3.74. The smallest absolute Gasteiger partial charge is 0.261 e. The zero-order valence-corrected chi connectivity index (χ0v) is 24.8. The monoisotopic (exact) mass is 575 g/mol. The predicted molar refractivity (Wildman–Crippen MR) is 161 cm³/mol. The number of nitrogens with one attached hydrogen (secondary N) is 1. The topological polar surface area (TPSA) is 63.6 Å². The second-order valence-electron chi connectivity index (χ2n) is 10.3. The molecule has 0 aliphatic carbocycles. The third-order valence-corrected chi connectivity index (χ3v) is 7.95. The molecule has 0 spiro atoms. The standard InChI is InChI=1S/C32H31Cl2N3O3/c1-17(2)36-27(24-14-20(31(38)35-5)8-12-28(24)40-6)16-25-30(36)29(23-11-10-21(33)13-19(23)4)37(32(25)39)26-15-22(34)9-7-18(26)3/h7-17,29H,1-6H3,(H,35,38). The van der Waals surface area contributed by atoms with E-state index in [2.05, 4.69) is 23.7 Å². The van der Waals surface area contributed by atoms with Crippen LogP contribution >= 0.6 is 23.2 Å². The second kappa shape index (κ2) is 10.7. The van der Waals surface area contributed by atoms with Gasteiger partial charge in [-0.3, -0.25) is 14.5 Å². The van der Waals surface area contributed by atoms with Crippen LogP contribution in [0.5, 0.6) is 5.75 Å². The van der Waals surface area contributed by atoms with Crippen LogP contribution in [-0.2, 0) is 0 Å². The largest absolute Gasteiger partial charge is 0.496 e. The summed E-state index contributed by atoms with van der Waals surface area (Å²) in [5.41, 5.74) is 7.13. The highest BCUT2D eigenvalue weighted by atomic mass is 35.5. The summed E-state index contributed by atoms with van der Waals surface area (Å²) in [5.74, 6) is 0.286. The first-order chi connectivity index (χ1) is 19.1. The number of rotatable bonds is 6. The van der Waals surface area contributed by atoms with E-state index in [1.807, 2.05) is 67.3 Å². The van der Waals surface area contributed by atoms with E-state index in [1.54, 1.807) is 26.3 Å². The Bertz CT molecular complexity index is 1660. The molecule has 1 aromatic heterocycles. The maximum absolute atomic E-state index is 14.4. The highest BCUT2D eigenvalue weighted by Gasteiger charge is 2.44. The second-order valence-corrected chi connectivity index (χ2v) is 11.2. The number of aryl methyl sites for hydroxylation is 2. The van der Waals surface area contributed by atoms with Crippen molar-refractivity contribution in [3.8, 4) is 17.0 Å². The number of halogens is 2. The fraction of sp³-hybridized carbons (Fsp3) is 0.250. The van der Waals surface area contributed by atoms with Crippen LogP contribution in [0.15, 0.2) is 60.7 Å². The van der Waals surface area contributed by atoms with Crippen LogP contribution < -0.4 is 15.0 Å². The molecule has 5 rings (SSSR count). The van der Waals surface area contributed by atoms with Gasteiger partial charge in [-0.15, -0.1) is 0 Å². The Labute approximate surface area is 244 Å². The normalized spacial score (nSPS) is 14.6. The van der Waals surface area contributed by atoms with Crippen LogP contribution in [0, 0.1) is 13.8 Å². The van der Waals surface area contributed by atoms with Gasteiger partial charge >= 0.3 is 0 Å². The predicted octanol–water partition coefficient (Wildman–Crippen LogP) is 7.78. The molecular formula is C32H31Cl2N3O3. The Morgan fingerprint density at radius 1 is 0.925 bits per heavy atom. The van der Waals surface area contributed by atoms with Crippen molar-refractivity contribution >= 4 is 40.7 Å². The van der Waals surface area contributed by atoms with Gasteiger partial charge in [0, 0.05) is 39.9 Å². The number of benzene rings is 3. The molecule has 40 heavy (non-hydrogen) atoms. The van der Waals surface area contributed by atoms with Crippen molar-refractivity contribution in [1.29, 1.82) is 0 Å². The Balaban J connectivity index is 1.83. The summed E-state index contributed by atoms with van der Waals surface area (Å²) in [7, 11) is 3.20. The van der Waals surface area contributed by atoms with Gasteiger partial charge in [0.15, 0.2) is 0 Å². The summed E-state index contributed by atoms with van der Waals surface area (Å²) in [6, 6.07) is 18.2. The Kier molecular flexibility index (Phi) is 7.42. The molecule has 0 bridgehead atoms. The number of ether oxygens (including phenoxy) is 1. The van der Waals surface area contributed by atoms with Gasteiger partial charge in [-0.05, 0) is 92.9 Å². The molecule has 1 N–H and O–H groups in total. The zero-order valence-electron chi connectivity index (χ0n) is 23.3. The molecule has 8 heteroatoms. The minimum Gasteiger partial charge on any atom is -0.496 e. The maximum Gasteiger partial charge on any atom is 0.261 e. The van der Waals surface area contributed by atoms with E-state index in [-0.39, 0.29) is 17.9 Å². The molecule has 6 nitrogen and oxygen atoms in total. The van der Waals surface area contributed by atoms with Gasteiger partial charge < -0.3 is 14.6 Å². The van der Waals surface area contributed by atoms with E-state index >= 15 is 0 Å². The fourth-order valence-corrected chi connectivity index (χ4v) is 6.03. The van der Waals surface area contributed by atoms with Crippen molar-refractivity contribution in [2.75, 3.05) is 19.1 Å². The van der Waals surface area contributed by atoms with Crippen molar-refractivity contribution in [3.05, 3.63) is 104 Å². The van der Waals surface area contributed by atoms with Crippen molar-refractivity contribution < 1.29 is 14.3 Å². The lowest BCUT2D eigenvalue weighted by molar-refractivity contribution is 0.0961. The highest BCUT2D eigenvalue weighted by molar-refractivity contribution is 6.31. The van der Waals surface area contributed by atoms with Crippen LogP contribution in [0.25, 0.3) is 11.3 Å². The molecule has 0 saturated carbocycles. The number of fused-ring (bicyclic) bond motifs is 1. The number of carbonyl (C=O) groups excluding carboxylic acids is 2. The van der Waals surface area contributed by atoms with Crippen molar-refractivity contribution in [1.82, 2.24) is 9.88 Å². The van der Waals surface area contributed by atoms with Crippen molar-refractivity contribution in [2.45, 2.75) is 39.8 Å². The molecule has 0 saturated heterocycles.